The highest BCUT2D eigenvalue weighted by molar-refractivity contribution is 5.31. The Bertz CT molecular complexity index is 592. The fourth-order valence-electron chi connectivity index (χ4n) is 4.03. The van der Waals surface area contributed by atoms with Crippen LogP contribution in [0.25, 0.3) is 0 Å². The van der Waals surface area contributed by atoms with E-state index in [9.17, 15) is 0 Å². The zero-order valence-corrected chi connectivity index (χ0v) is 16.9. The predicted octanol–water partition coefficient (Wildman–Crippen LogP) is 7.47. The van der Waals surface area contributed by atoms with Gasteiger partial charge in [0.2, 0.25) is 0 Å². The van der Waals surface area contributed by atoms with Gasteiger partial charge in [-0.05, 0) is 31.4 Å². The molecule has 2 atom stereocenters. The molecule has 2 aromatic rings. The maximum atomic E-state index is 6.43. The summed E-state index contributed by atoms with van der Waals surface area (Å²) in [5, 5.41) is 0. The molecule has 0 aliphatic carbocycles. The summed E-state index contributed by atoms with van der Waals surface area (Å²) in [4.78, 5) is 0. The average molecular weight is 353 g/mol. The molecule has 0 N–H and O–H groups in total. The largest absolute Gasteiger partial charge is 0.370 e. The van der Waals surface area contributed by atoms with Crippen molar-refractivity contribution in [2.45, 2.75) is 77.2 Å². The topological polar surface area (TPSA) is 9.23 Å². The fourth-order valence-corrected chi connectivity index (χ4v) is 4.03. The zero-order valence-electron chi connectivity index (χ0n) is 16.9. The van der Waals surface area contributed by atoms with Gasteiger partial charge >= 0.3 is 0 Å². The molecule has 0 saturated carbocycles. The number of unbranched alkanes of at least 4 members (excludes halogenated alkanes) is 5. The third kappa shape index (κ3) is 5.71. The van der Waals surface area contributed by atoms with E-state index in [0.717, 1.165) is 6.61 Å². The molecule has 0 aliphatic rings. The number of rotatable bonds is 12. The van der Waals surface area contributed by atoms with Crippen molar-refractivity contribution in [3.05, 3.63) is 71.8 Å². The molecule has 0 aliphatic heterocycles. The van der Waals surface area contributed by atoms with Crippen molar-refractivity contribution in [1.29, 1.82) is 0 Å². The Morgan fingerprint density at radius 1 is 0.769 bits per heavy atom. The second-order valence-electron chi connectivity index (χ2n) is 7.43. The molecular formula is C25H36O. The maximum absolute atomic E-state index is 6.43. The van der Waals surface area contributed by atoms with Crippen molar-refractivity contribution in [2.24, 2.45) is 0 Å². The highest BCUT2D eigenvalue weighted by atomic mass is 16.5. The van der Waals surface area contributed by atoms with E-state index in [1.54, 1.807) is 0 Å². The van der Waals surface area contributed by atoms with Gasteiger partial charge in [-0.1, -0.05) is 106 Å². The summed E-state index contributed by atoms with van der Waals surface area (Å²) in [5.41, 5.74) is 2.38. The smallest absolute Gasteiger partial charge is 0.0971 e. The molecule has 1 heteroatoms. The van der Waals surface area contributed by atoms with Gasteiger partial charge in [-0.3, -0.25) is 0 Å². The summed E-state index contributed by atoms with van der Waals surface area (Å²) in [6, 6.07) is 21.7. The normalized spacial score (nSPS) is 14.7. The summed E-state index contributed by atoms with van der Waals surface area (Å²) in [7, 11) is 0. The van der Waals surface area contributed by atoms with Crippen LogP contribution in [0.3, 0.4) is 0 Å². The van der Waals surface area contributed by atoms with Gasteiger partial charge in [0, 0.05) is 12.5 Å². The monoisotopic (exact) mass is 352 g/mol. The van der Waals surface area contributed by atoms with Crippen molar-refractivity contribution in [2.75, 3.05) is 6.61 Å². The Balaban J connectivity index is 2.20. The van der Waals surface area contributed by atoms with E-state index in [4.69, 9.17) is 4.74 Å². The van der Waals surface area contributed by atoms with Gasteiger partial charge in [0.05, 0.1) is 5.60 Å². The highest BCUT2D eigenvalue weighted by Crippen LogP contribution is 2.43. The molecule has 2 rings (SSSR count). The van der Waals surface area contributed by atoms with Crippen LogP contribution in [0.1, 0.15) is 82.8 Å². The van der Waals surface area contributed by atoms with Crippen LogP contribution in [0.5, 0.6) is 0 Å². The van der Waals surface area contributed by atoms with Gasteiger partial charge in [-0.2, -0.15) is 0 Å². The first-order chi connectivity index (χ1) is 12.7. The first-order valence-electron chi connectivity index (χ1n) is 10.5. The Labute approximate surface area is 160 Å². The van der Waals surface area contributed by atoms with E-state index < -0.39 is 0 Å². The standard InChI is InChI=1S/C25H36O/c1-4-6-7-8-9-16-21-24(22-17-12-10-13-18-22)25(3,26-5-2)23-19-14-11-15-20-23/h10-15,17-20,24H,4-9,16,21H2,1-3H3. The fraction of sp³-hybridized carbons (Fsp3) is 0.520. The molecule has 0 amide bonds. The Kier molecular flexibility index (Phi) is 8.91. The number of hydrogen-bond donors (Lipinski definition) is 0. The molecule has 26 heavy (non-hydrogen) atoms. The minimum absolute atomic E-state index is 0.291. The van der Waals surface area contributed by atoms with Crippen LogP contribution in [-0.2, 0) is 10.3 Å². The van der Waals surface area contributed by atoms with Gasteiger partial charge in [-0.25, -0.2) is 0 Å². The zero-order chi connectivity index (χ0) is 18.7. The number of ether oxygens (including phenoxy) is 1. The van der Waals surface area contributed by atoms with Crippen LogP contribution in [0.2, 0.25) is 0 Å². The molecule has 0 bridgehead atoms. The van der Waals surface area contributed by atoms with Crippen molar-refractivity contribution in [3.8, 4) is 0 Å². The van der Waals surface area contributed by atoms with Gasteiger partial charge in [0.25, 0.3) is 0 Å². The van der Waals surface area contributed by atoms with Crippen molar-refractivity contribution in [3.63, 3.8) is 0 Å². The Morgan fingerprint density at radius 3 is 1.96 bits per heavy atom. The lowest BCUT2D eigenvalue weighted by atomic mass is 9.75. The van der Waals surface area contributed by atoms with Gasteiger partial charge in [0.15, 0.2) is 0 Å². The van der Waals surface area contributed by atoms with Crippen LogP contribution in [-0.4, -0.2) is 6.61 Å². The maximum Gasteiger partial charge on any atom is 0.0971 e. The van der Waals surface area contributed by atoms with E-state index in [0.29, 0.717) is 5.92 Å². The summed E-state index contributed by atoms with van der Waals surface area (Å²) >= 11 is 0. The quantitative estimate of drug-likeness (QED) is 0.360. The lowest BCUT2D eigenvalue weighted by Crippen LogP contribution is -2.34. The summed E-state index contributed by atoms with van der Waals surface area (Å²) in [5.74, 6) is 0.372. The molecule has 0 saturated heterocycles. The molecular weight excluding hydrogens is 316 g/mol. The lowest BCUT2D eigenvalue weighted by Gasteiger charge is -2.39. The van der Waals surface area contributed by atoms with Crippen LogP contribution >= 0.6 is 0 Å². The molecule has 0 spiro atoms. The SMILES string of the molecule is CCCCCCCCC(c1ccccc1)C(C)(OCC)c1ccccc1. The molecule has 0 aromatic heterocycles. The highest BCUT2D eigenvalue weighted by Gasteiger charge is 2.37. The second-order valence-corrected chi connectivity index (χ2v) is 7.43. The molecule has 0 fully saturated rings. The third-order valence-electron chi connectivity index (χ3n) is 5.50. The van der Waals surface area contributed by atoms with Crippen LogP contribution < -0.4 is 0 Å². The molecule has 1 nitrogen and oxygen atoms in total. The van der Waals surface area contributed by atoms with Crippen LogP contribution in [0.15, 0.2) is 60.7 Å². The minimum atomic E-state index is -0.291. The first-order valence-corrected chi connectivity index (χ1v) is 10.5. The summed E-state index contributed by atoms with van der Waals surface area (Å²) in [6.45, 7) is 7.39. The van der Waals surface area contributed by atoms with Crippen molar-refractivity contribution >= 4 is 0 Å². The number of hydrogen-bond acceptors (Lipinski definition) is 1. The van der Waals surface area contributed by atoms with Crippen LogP contribution in [0.4, 0.5) is 0 Å². The number of benzene rings is 2. The van der Waals surface area contributed by atoms with Gasteiger partial charge < -0.3 is 4.74 Å². The molecule has 2 aromatic carbocycles. The van der Waals surface area contributed by atoms with Gasteiger partial charge in [-0.15, -0.1) is 0 Å². The third-order valence-corrected chi connectivity index (χ3v) is 5.50. The van der Waals surface area contributed by atoms with Crippen molar-refractivity contribution < 1.29 is 4.74 Å². The Hall–Kier alpha value is -1.60. The lowest BCUT2D eigenvalue weighted by molar-refractivity contribution is -0.0536. The van der Waals surface area contributed by atoms with Crippen molar-refractivity contribution in [1.82, 2.24) is 0 Å². The van der Waals surface area contributed by atoms with E-state index in [1.165, 1.54) is 56.1 Å². The summed E-state index contributed by atoms with van der Waals surface area (Å²) < 4.78 is 6.43. The van der Waals surface area contributed by atoms with E-state index in [2.05, 4.69) is 81.4 Å². The van der Waals surface area contributed by atoms with E-state index in [1.807, 2.05) is 0 Å². The van der Waals surface area contributed by atoms with Gasteiger partial charge in [0.1, 0.15) is 0 Å². The van der Waals surface area contributed by atoms with E-state index >= 15 is 0 Å². The Morgan fingerprint density at radius 2 is 1.35 bits per heavy atom. The van der Waals surface area contributed by atoms with Crippen LogP contribution in [0, 0.1) is 0 Å². The molecule has 0 heterocycles. The first kappa shape index (κ1) is 20.7. The molecule has 142 valence electrons. The minimum Gasteiger partial charge on any atom is -0.370 e. The molecule has 0 radical (unpaired) electrons. The molecule has 2 unspecified atom stereocenters. The second kappa shape index (κ2) is 11.2. The van der Waals surface area contributed by atoms with E-state index in [-0.39, 0.29) is 5.60 Å². The predicted molar refractivity (Wildman–Crippen MR) is 113 cm³/mol. The summed E-state index contributed by atoms with van der Waals surface area (Å²) in [6.07, 6.45) is 9.15. The average Bonchev–Trinajstić information content (AvgIpc) is 2.69.